The highest BCUT2D eigenvalue weighted by atomic mass is 16.5. The minimum absolute atomic E-state index is 0.104. The SMILES string of the molecule is COC(=O)N[C@H](C(=O)N1CCCC1C1=Nc2ccc(-c3ccc(-c4ccc(C5=CN=C([C@@H]6CCCN6C(=O)[C@@H](NC(=O)OC)C(C)C)C5)cc4)c4c3CC3(CCCC3)C4=O)cc2C1)C(C)C. The van der Waals surface area contributed by atoms with Gasteiger partial charge in [-0.2, -0.15) is 0 Å². The third-order valence-electron chi connectivity index (χ3n) is 15.1. The lowest BCUT2D eigenvalue weighted by atomic mass is 9.81. The number of rotatable bonds is 11. The van der Waals surface area contributed by atoms with E-state index in [0.717, 1.165) is 125 Å². The Morgan fingerprint density at radius 3 is 1.85 bits per heavy atom. The van der Waals surface area contributed by atoms with Gasteiger partial charge in [-0.05, 0) is 113 Å². The molecule has 13 nitrogen and oxygen atoms in total. The van der Waals surface area contributed by atoms with E-state index in [1.807, 2.05) is 43.7 Å². The Morgan fingerprint density at radius 1 is 0.697 bits per heavy atom. The van der Waals surface area contributed by atoms with Crippen LogP contribution < -0.4 is 10.6 Å². The molecule has 3 fully saturated rings. The molecule has 4 amide bonds. The van der Waals surface area contributed by atoms with Crippen LogP contribution in [0.3, 0.4) is 0 Å². The second-order valence-corrected chi connectivity index (χ2v) is 19.8. The molecule has 3 aromatic rings. The summed E-state index contributed by atoms with van der Waals surface area (Å²) in [6.07, 6.45) is 10.00. The summed E-state index contributed by atoms with van der Waals surface area (Å²) in [6, 6.07) is 17.6. The second-order valence-electron chi connectivity index (χ2n) is 19.8. The number of methoxy groups -OCH3 is 2. The van der Waals surface area contributed by atoms with E-state index in [2.05, 4.69) is 65.2 Å². The van der Waals surface area contributed by atoms with Crippen LogP contribution in [-0.2, 0) is 31.9 Å². The molecule has 13 heteroatoms. The molecule has 1 unspecified atom stereocenters. The first-order chi connectivity index (χ1) is 31.8. The highest BCUT2D eigenvalue weighted by molar-refractivity contribution is 6.12. The molecule has 4 atom stereocenters. The van der Waals surface area contributed by atoms with Crippen molar-refractivity contribution in [2.45, 2.75) is 122 Å². The Bertz CT molecular complexity index is 2550. The van der Waals surface area contributed by atoms with Crippen LogP contribution in [0.25, 0.3) is 27.8 Å². The predicted molar refractivity (Wildman–Crippen MR) is 255 cm³/mol. The first-order valence-electron chi connectivity index (χ1n) is 23.9. The number of fused-ring (bicyclic) bond motifs is 2. The maximum absolute atomic E-state index is 14.7. The topological polar surface area (TPSA) is 159 Å². The van der Waals surface area contributed by atoms with Gasteiger partial charge in [0.1, 0.15) is 12.1 Å². The lowest BCUT2D eigenvalue weighted by molar-refractivity contribution is -0.134. The third kappa shape index (κ3) is 8.23. The molecular weight excluding hydrogens is 833 g/mol. The van der Waals surface area contributed by atoms with Crippen molar-refractivity contribution in [3.63, 3.8) is 0 Å². The van der Waals surface area contributed by atoms with Crippen molar-refractivity contribution in [3.8, 4) is 22.3 Å². The Kier molecular flexibility index (Phi) is 12.5. The number of likely N-dealkylation sites (tertiary alicyclic amines) is 2. The number of hydrogen-bond donors (Lipinski definition) is 2. The molecule has 3 aromatic carbocycles. The van der Waals surface area contributed by atoms with E-state index < -0.39 is 24.3 Å². The van der Waals surface area contributed by atoms with Crippen LogP contribution in [-0.4, -0.2) is 102 Å². The highest BCUT2D eigenvalue weighted by Gasteiger charge is 2.49. The third-order valence-corrected chi connectivity index (χ3v) is 15.1. The summed E-state index contributed by atoms with van der Waals surface area (Å²) in [7, 11) is 2.60. The van der Waals surface area contributed by atoms with Gasteiger partial charge in [-0.15, -0.1) is 0 Å². The zero-order valence-electron chi connectivity index (χ0n) is 39.1. The van der Waals surface area contributed by atoms with Crippen LogP contribution in [0.15, 0.2) is 70.8 Å². The van der Waals surface area contributed by atoms with Crippen LogP contribution in [0.4, 0.5) is 15.3 Å². The molecule has 4 heterocycles. The molecule has 0 aromatic heterocycles. The van der Waals surface area contributed by atoms with Crippen LogP contribution in [0.5, 0.6) is 0 Å². The van der Waals surface area contributed by atoms with Gasteiger partial charge < -0.3 is 29.9 Å². The summed E-state index contributed by atoms with van der Waals surface area (Å²) in [6.45, 7) is 8.91. The minimum atomic E-state index is -0.688. The average molecular weight is 895 g/mol. The molecule has 0 radical (unpaired) electrons. The summed E-state index contributed by atoms with van der Waals surface area (Å²) in [5.74, 6) is -0.167. The Morgan fingerprint density at radius 2 is 1.26 bits per heavy atom. The molecule has 2 N–H and O–H groups in total. The fourth-order valence-corrected chi connectivity index (χ4v) is 11.5. The fourth-order valence-electron chi connectivity index (χ4n) is 11.5. The van der Waals surface area contributed by atoms with Crippen molar-refractivity contribution in [2.24, 2.45) is 27.2 Å². The largest absolute Gasteiger partial charge is 0.453 e. The Balaban J connectivity index is 0.931. The zero-order valence-corrected chi connectivity index (χ0v) is 39.1. The second kappa shape index (κ2) is 18.3. The van der Waals surface area contributed by atoms with E-state index in [0.29, 0.717) is 25.9 Å². The number of carbonyl (C=O) groups excluding carboxylic acids is 5. The number of aliphatic imine (C=N–C) groups is 2. The number of nitrogens with zero attached hydrogens (tertiary/aromatic N) is 4. The molecule has 9 rings (SSSR count). The smallest absolute Gasteiger partial charge is 0.407 e. The molecule has 2 saturated heterocycles. The molecule has 2 aliphatic carbocycles. The van der Waals surface area contributed by atoms with Crippen molar-refractivity contribution in [3.05, 3.63) is 83.1 Å². The van der Waals surface area contributed by atoms with Crippen LogP contribution in [0.2, 0.25) is 0 Å². The van der Waals surface area contributed by atoms with E-state index in [1.165, 1.54) is 14.2 Å². The Labute approximate surface area is 387 Å². The van der Waals surface area contributed by atoms with Gasteiger partial charge in [0.2, 0.25) is 11.8 Å². The van der Waals surface area contributed by atoms with Crippen LogP contribution >= 0.6 is 0 Å². The normalized spacial score (nSPS) is 21.5. The molecule has 0 bridgehead atoms. The number of Topliss-reactive ketones (excluding diaryl/α,β-unsaturated/α-hetero) is 1. The monoisotopic (exact) mass is 894 g/mol. The molecule has 6 aliphatic rings. The van der Waals surface area contributed by atoms with Crippen LogP contribution in [0, 0.1) is 17.3 Å². The predicted octanol–water partition coefficient (Wildman–Crippen LogP) is 8.88. The molecule has 66 heavy (non-hydrogen) atoms. The van der Waals surface area contributed by atoms with E-state index in [9.17, 15) is 24.0 Å². The van der Waals surface area contributed by atoms with E-state index in [4.69, 9.17) is 19.5 Å². The van der Waals surface area contributed by atoms with Crippen molar-refractivity contribution in [1.29, 1.82) is 0 Å². The fraction of sp³-hybridized carbons (Fsp3) is 0.491. The number of carbonyl (C=O) groups is 5. The molecule has 346 valence electrons. The maximum atomic E-state index is 14.7. The number of hydrogen-bond acceptors (Lipinski definition) is 9. The van der Waals surface area contributed by atoms with Crippen molar-refractivity contribution in [2.75, 3.05) is 27.3 Å². The van der Waals surface area contributed by atoms with Gasteiger partial charge in [0.15, 0.2) is 5.78 Å². The summed E-state index contributed by atoms with van der Waals surface area (Å²) in [5, 5.41) is 5.48. The summed E-state index contributed by atoms with van der Waals surface area (Å²) in [5.41, 5.74) is 11.8. The number of allylic oxidation sites excluding steroid dienone is 1. The molecule has 1 saturated carbocycles. The lowest BCUT2D eigenvalue weighted by Crippen LogP contribution is -2.53. The lowest BCUT2D eigenvalue weighted by Gasteiger charge is -2.31. The van der Waals surface area contributed by atoms with E-state index in [-0.39, 0.29) is 46.9 Å². The van der Waals surface area contributed by atoms with Crippen LogP contribution in [0.1, 0.15) is 113 Å². The number of ether oxygens (including phenoxy) is 2. The molecule has 1 spiro atoms. The maximum Gasteiger partial charge on any atom is 0.407 e. The highest BCUT2D eigenvalue weighted by Crippen LogP contribution is 2.53. The zero-order chi connectivity index (χ0) is 46.4. The first-order valence-corrected chi connectivity index (χ1v) is 23.9. The number of alkyl carbamates (subject to hydrolysis) is 2. The van der Waals surface area contributed by atoms with Crippen molar-refractivity contribution >= 4 is 52.5 Å². The number of nitrogens with one attached hydrogen (secondary N) is 2. The van der Waals surface area contributed by atoms with Gasteiger partial charge in [-0.1, -0.05) is 83.0 Å². The minimum Gasteiger partial charge on any atom is -0.453 e. The Hall–Kier alpha value is -6.11. The van der Waals surface area contributed by atoms with Crippen molar-refractivity contribution in [1.82, 2.24) is 20.4 Å². The van der Waals surface area contributed by atoms with Gasteiger partial charge in [-0.3, -0.25) is 24.4 Å². The number of ketones is 1. The van der Waals surface area contributed by atoms with Gasteiger partial charge >= 0.3 is 12.2 Å². The summed E-state index contributed by atoms with van der Waals surface area (Å²) in [4.78, 5) is 80.2. The summed E-state index contributed by atoms with van der Waals surface area (Å²) < 4.78 is 9.63. The van der Waals surface area contributed by atoms with Crippen molar-refractivity contribution < 1.29 is 33.4 Å². The quantitative estimate of drug-likeness (QED) is 0.195. The summed E-state index contributed by atoms with van der Waals surface area (Å²) >= 11 is 0. The standard InChI is InChI=1S/C53H62N6O7/c1-30(2)46(56-51(63)65-5)49(61)58-23-9-11-43(58)41-27-36(29-54-41)32-13-15-33(16-14-32)38-19-18-37(39-28-53(21-7-8-22-53)48(60)45(38)39)34-17-20-40-35(25-34)26-42(55-40)44-12-10-24-59(44)50(62)47(31(3)4)57-52(64)66-6/h13-20,25,29-31,43-44,46-47H,7-12,21-24,26-28H2,1-6H3,(H,56,63)(H,57,64)/t43-,44?,46-,47-/m0/s1. The average Bonchev–Trinajstić information content (AvgIpc) is 4.19. The van der Waals surface area contributed by atoms with Gasteiger partial charge in [0, 0.05) is 54.5 Å². The number of benzene rings is 3. The van der Waals surface area contributed by atoms with Gasteiger partial charge in [-0.25, -0.2) is 9.59 Å². The molecular formula is C53H62N6O7. The van der Waals surface area contributed by atoms with Gasteiger partial charge in [0.05, 0.1) is 32.0 Å². The molecule has 4 aliphatic heterocycles. The van der Waals surface area contributed by atoms with E-state index in [1.54, 1.807) is 0 Å². The van der Waals surface area contributed by atoms with E-state index >= 15 is 0 Å². The number of amides is 4. The first kappa shape index (κ1) is 45.1. The van der Waals surface area contributed by atoms with Gasteiger partial charge in [0.25, 0.3) is 0 Å².